The van der Waals surface area contributed by atoms with Gasteiger partial charge in [-0.25, -0.2) is 4.39 Å². The Morgan fingerprint density at radius 3 is 2.57 bits per heavy atom. The van der Waals surface area contributed by atoms with Crippen LogP contribution in [0.1, 0.15) is 43.5 Å². The van der Waals surface area contributed by atoms with Crippen LogP contribution in [-0.2, 0) is 4.79 Å². The third-order valence-corrected chi connectivity index (χ3v) is 5.90. The maximum absolute atomic E-state index is 13.5. The Kier molecular flexibility index (Phi) is 6.38. The molecule has 0 bridgehead atoms. The lowest BCUT2D eigenvalue weighted by Gasteiger charge is -2.32. The molecule has 1 fully saturated rings. The normalized spacial score (nSPS) is 16.5. The maximum atomic E-state index is 13.5. The molecule has 1 atom stereocenters. The Hall–Kier alpha value is -2.79. The van der Waals surface area contributed by atoms with Crippen molar-refractivity contribution < 1.29 is 9.18 Å². The first-order valence-electron chi connectivity index (χ1n) is 10.8. The van der Waals surface area contributed by atoms with E-state index in [0.29, 0.717) is 0 Å². The van der Waals surface area contributed by atoms with Crippen LogP contribution in [0, 0.1) is 11.7 Å². The number of piperidine rings is 1. The average Bonchev–Trinajstić information content (AvgIpc) is 2.78. The van der Waals surface area contributed by atoms with E-state index in [-0.39, 0.29) is 17.6 Å². The number of hydrogen-bond acceptors (Lipinski definition) is 3. The summed E-state index contributed by atoms with van der Waals surface area (Å²) in [7, 11) is 0. The van der Waals surface area contributed by atoms with Crippen molar-refractivity contribution in [2.75, 3.05) is 19.6 Å². The van der Waals surface area contributed by atoms with Crippen molar-refractivity contribution in [3.05, 3.63) is 77.7 Å². The fourth-order valence-corrected chi connectivity index (χ4v) is 4.22. The molecule has 3 aromatic rings. The van der Waals surface area contributed by atoms with E-state index in [1.54, 1.807) is 12.1 Å². The zero-order chi connectivity index (χ0) is 20.9. The molecule has 0 aliphatic carbocycles. The summed E-state index contributed by atoms with van der Waals surface area (Å²) in [5.41, 5.74) is 2.47. The number of fused-ring (bicyclic) bond motifs is 1. The van der Waals surface area contributed by atoms with Crippen LogP contribution in [-0.4, -0.2) is 35.4 Å². The third-order valence-electron chi connectivity index (χ3n) is 5.90. The molecular weight excluding hydrogens is 377 g/mol. The fourth-order valence-electron chi connectivity index (χ4n) is 4.22. The number of aromatic nitrogens is 1. The predicted molar refractivity (Wildman–Crippen MR) is 118 cm³/mol. The molecule has 1 aliphatic heterocycles. The van der Waals surface area contributed by atoms with E-state index in [4.69, 9.17) is 4.98 Å². The molecule has 0 spiro atoms. The summed E-state index contributed by atoms with van der Waals surface area (Å²) < 4.78 is 13.5. The van der Waals surface area contributed by atoms with Crippen molar-refractivity contribution in [3.63, 3.8) is 0 Å². The van der Waals surface area contributed by atoms with Crippen molar-refractivity contribution >= 4 is 16.8 Å². The largest absolute Gasteiger partial charge is 0.343 e. The summed E-state index contributed by atoms with van der Waals surface area (Å²) >= 11 is 0. The summed E-state index contributed by atoms with van der Waals surface area (Å²) in [6.45, 7) is 5.19. The van der Waals surface area contributed by atoms with E-state index in [9.17, 15) is 9.18 Å². The molecule has 4 rings (SSSR count). The number of nitrogens with one attached hydrogen (secondary N) is 1. The minimum absolute atomic E-state index is 0.00140. The van der Waals surface area contributed by atoms with Crippen LogP contribution in [0.25, 0.3) is 10.9 Å². The lowest BCUT2D eigenvalue weighted by molar-refractivity contribution is -0.127. The van der Waals surface area contributed by atoms with Gasteiger partial charge >= 0.3 is 0 Å². The van der Waals surface area contributed by atoms with Gasteiger partial charge in [-0.2, -0.15) is 0 Å². The number of hydrogen-bond donors (Lipinski definition) is 1. The van der Waals surface area contributed by atoms with Gasteiger partial charge in [-0.15, -0.1) is 0 Å². The number of halogens is 1. The van der Waals surface area contributed by atoms with Crippen molar-refractivity contribution in [3.8, 4) is 0 Å². The van der Waals surface area contributed by atoms with Crippen molar-refractivity contribution in [1.82, 2.24) is 15.2 Å². The molecule has 1 N–H and O–H groups in total. The molecule has 1 amide bonds. The second kappa shape index (κ2) is 9.35. The Bertz CT molecular complexity index is 997. The van der Waals surface area contributed by atoms with Crippen LogP contribution >= 0.6 is 0 Å². The van der Waals surface area contributed by atoms with E-state index in [1.165, 1.54) is 12.1 Å². The van der Waals surface area contributed by atoms with E-state index < -0.39 is 6.04 Å². The van der Waals surface area contributed by atoms with E-state index in [2.05, 4.69) is 17.1 Å². The van der Waals surface area contributed by atoms with Gasteiger partial charge in [-0.3, -0.25) is 9.78 Å². The minimum Gasteiger partial charge on any atom is -0.343 e. The van der Waals surface area contributed by atoms with Crippen LogP contribution in [0.5, 0.6) is 0 Å². The number of rotatable bonds is 6. The molecule has 0 saturated carbocycles. The molecule has 2 aromatic carbocycles. The highest BCUT2D eigenvalue weighted by Crippen LogP contribution is 2.25. The van der Waals surface area contributed by atoms with Crippen LogP contribution < -0.4 is 5.32 Å². The first-order valence-corrected chi connectivity index (χ1v) is 10.8. The third kappa shape index (κ3) is 4.68. The molecule has 5 heteroatoms. The average molecular weight is 406 g/mol. The molecule has 1 unspecified atom stereocenters. The molecule has 2 heterocycles. The highest BCUT2D eigenvalue weighted by atomic mass is 19.1. The van der Waals surface area contributed by atoms with Crippen molar-refractivity contribution in [1.29, 1.82) is 0 Å². The van der Waals surface area contributed by atoms with Crippen LogP contribution in [0.2, 0.25) is 0 Å². The molecule has 0 radical (unpaired) electrons. The van der Waals surface area contributed by atoms with Gasteiger partial charge in [0.2, 0.25) is 5.91 Å². The van der Waals surface area contributed by atoms with E-state index in [0.717, 1.165) is 61.1 Å². The Morgan fingerprint density at radius 1 is 1.10 bits per heavy atom. The summed E-state index contributed by atoms with van der Waals surface area (Å²) in [4.78, 5) is 20.3. The lowest BCUT2D eigenvalue weighted by atomic mass is 9.94. The van der Waals surface area contributed by atoms with Crippen molar-refractivity contribution in [2.45, 2.75) is 32.2 Å². The van der Waals surface area contributed by atoms with Gasteiger partial charge in [0.15, 0.2) is 0 Å². The first kappa shape index (κ1) is 20.5. The second-order valence-corrected chi connectivity index (χ2v) is 8.04. The number of nitrogens with zero attached hydrogens (tertiary/aromatic N) is 2. The number of para-hydroxylation sites is 1. The van der Waals surface area contributed by atoms with Gasteiger partial charge in [0.25, 0.3) is 0 Å². The summed E-state index contributed by atoms with van der Waals surface area (Å²) in [6.07, 6.45) is 2.87. The van der Waals surface area contributed by atoms with Gasteiger partial charge < -0.3 is 10.2 Å². The van der Waals surface area contributed by atoms with Gasteiger partial charge in [0.1, 0.15) is 5.82 Å². The molecule has 1 saturated heterocycles. The number of likely N-dealkylation sites (tertiary alicyclic amines) is 1. The quantitative estimate of drug-likeness (QED) is 0.646. The number of amides is 1. The summed E-state index contributed by atoms with van der Waals surface area (Å²) in [6, 6.07) is 17.8. The molecule has 156 valence electrons. The predicted octanol–water partition coefficient (Wildman–Crippen LogP) is 4.70. The molecule has 1 aliphatic rings. The summed E-state index contributed by atoms with van der Waals surface area (Å²) in [5.74, 6) is -0.240. The Morgan fingerprint density at radius 2 is 1.83 bits per heavy atom. The minimum atomic E-state index is -0.406. The van der Waals surface area contributed by atoms with Crippen LogP contribution in [0.4, 0.5) is 4.39 Å². The topological polar surface area (TPSA) is 45.2 Å². The number of benzene rings is 2. The molecule has 4 nitrogen and oxygen atoms in total. The first-order chi connectivity index (χ1) is 14.6. The molecule has 1 aromatic heterocycles. The van der Waals surface area contributed by atoms with Gasteiger partial charge in [0.05, 0.1) is 17.3 Å². The zero-order valence-corrected chi connectivity index (χ0v) is 17.4. The Labute approximate surface area is 177 Å². The van der Waals surface area contributed by atoms with E-state index in [1.807, 2.05) is 36.4 Å². The Balaban J connectivity index is 1.57. The molecule has 30 heavy (non-hydrogen) atoms. The highest BCUT2D eigenvalue weighted by molar-refractivity contribution is 5.81. The number of carbonyl (C=O) groups excluding carboxylic acids is 1. The number of carbonyl (C=O) groups is 1. The van der Waals surface area contributed by atoms with Crippen LogP contribution in [0.3, 0.4) is 0 Å². The summed E-state index contributed by atoms with van der Waals surface area (Å²) in [5, 5.41) is 4.26. The van der Waals surface area contributed by atoms with Gasteiger partial charge in [-0.1, -0.05) is 43.3 Å². The standard InChI is InChI=1S/C25H28FN3O/c1-2-15-29-16-13-20(14-17-29)25(30)28-24(19-7-10-21(26)11-8-19)23-12-9-18-5-3-4-6-22(18)27-23/h3-12,20,24H,2,13-17H2,1H3,(H,28,30). The fraction of sp³-hybridized carbons (Fsp3) is 0.360. The van der Waals surface area contributed by atoms with E-state index >= 15 is 0 Å². The second-order valence-electron chi connectivity index (χ2n) is 8.04. The highest BCUT2D eigenvalue weighted by Gasteiger charge is 2.27. The molecular formula is C25H28FN3O. The number of pyridine rings is 1. The zero-order valence-electron chi connectivity index (χ0n) is 17.4. The smallest absolute Gasteiger partial charge is 0.224 e. The van der Waals surface area contributed by atoms with Gasteiger partial charge in [0, 0.05) is 11.3 Å². The van der Waals surface area contributed by atoms with Gasteiger partial charge in [-0.05, 0) is 68.7 Å². The maximum Gasteiger partial charge on any atom is 0.224 e. The van der Waals surface area contributed by atoms with Crippen molar-refractivity contribution in [2.24, 2.45) is 5.92 Å². The monoisotopic (exact) mass is 405 g/mol. The SMILES string of the molecule is CCCN1CCC(C(=O)NC(c2ccc(F)cc2)c2ccc3ccccc3n2)CC1. The lowest BCUT2D eigenvalue weighted by Crippen LogP contribution is -2.42. The van der Waals surface area contributed by atoms with Crippen LogP contribution in [0.15, 0.2) is 60.7 Å².